The SMILES string of the molecule is Cc1[nH]nc(C(=O)Nc2ccc(F)c(F)c2)c1C. The van der Waals surface area contributed by atoms with E-state index in [1.165, 1.54) is 6.07 Å². The number of benzene rings is 1. The summed E-state index contributed by atoms with van der Waals surface area (Å²) in [5, 5.41) is 8.98. The standard InChI is InChI=1S/C12H11F2N3O/c1-6-7(2)16-17-11(6)12(18)15-8-3-4-9(13)10(14)5-8/h3-5H,1-2H3,(H,15,18)(H,16,17). The van der Waals surface area contributed by atoms with Gasteiger partial charge in [-0.05, 0) is 26.0 Å². The fourth-order valence-corrected chi connectivity index (χ4v) is 1.47. The van der Waals surface area contributed by atoms with Crippen molar-refractivity contribution in [1.29, 1.82) is 0 Å². The number of hydrogen-bond donors (Lipinski definition) is 2. The molecule has 1 aromatic carbocycles. The highest BCUT2D eigenvalue weighted by atomic mass is 19.2. The third-order valence-corrected chi connectivity index (χ3v) is 2.65. The zero-order valence-corrected chi connectivity index (χ0v) is 9.84. The number of amides is 1. The quantitative estimate of drug-likeness (QED) is 0.861. The number of rotatable bonds is 2. The molecule has 0 aliphatic rings. The largest absolute Gasteiger partial charge is 0.320 e. The summed E-state index contributed by atoms with van der Waals surface area (Å²) < 4.78 is 25.7. The van der Waals surface area contributed by atoms with Crippen LogP contribution in [0.1, 0.15) is 21.7 Å². The van der Waals surface area contributed by atoms with E-state index in [1.807, 2.05) is 0 Å². The maximum Gasteiger partial charge on any atom is 0.276 e. The number of nitrogens with one attached hydrogen (secondary N) is 2. The Morgan fingerprint density at radius 3 is 2.56 bits per heavy atom. The van der Waals surface area contributed by atoms with Crippen molar-refractivity contribution in [1.82, 2.24) is 10.2 Å². The van der Waals surface area contributed by atoms with E-state index < -0.39 is 17.5 Å². The number of aryl methyl sites for hydroxylation is 1. The third kappa shape index (κ3) is 2.22. The van der Waals surface area contributed by atoms with Crippen LogP contribution in [0.4, 0.5) is 14.5 Å². The van der Waals surface area contributed by atoms with E-state index in [-0.39, 0.29) is 11.4 Å². The van der Waals surface area contributed by atoms with Gasteiger partial charge < -0.3 is 5.32 Å². The summed E-state index contributed by atoms with van der Waals surface area (Å²) >= 11 is 0. The molecular formula is C12H11F2N3O. The van der Waals surface area contributed by atoms with Crippen molar-refractivity contribution >= 4 is 11.6 Å². The van der Waals surface area contributed by atoms with Crippen molar-refractivity contribution in [2.24, 2.45) is 0 Å². The van der Waals surface area contributed by atoms with Gasteiger partial charge in [0.25, 0.3) is 5.91 Å². The second-order valence-electron chi connectivity index (χ2n) is 3.91. The van der Waals surface area contributed by atoms with Crippen LogP contribution in [-0.4, -0.2) is 16.1 Å². The van der Waals surface area contributed by atoms with E-state index in [1.54, 1.807) is 13.8 Å². The summed E-state index contributed by atoms with van der Waals surface area (Å²) in [6.07, 6.45) is 0. The lowest BCUT2D eigenvalue weighted by Crippen LogP contribution is -2.14. The molecule has 0 aliphatic heterocycles. The molecule has 0 fully saturated rings. The summed E-state index contributed by atoms with van der Waals surface area (Å²) in [4.78, 5) is 11.8. The molecule has 1 heterocycles. The van der Waals surface area contributed by atoms with E-state index in [0.29, 0.717) is 0 Å². The fourth-order valence-electron chi connectivity index (χ4n) is 1.47. The topological polar surface area (TPSA) is 57.8 Å². The molecule has 0 radical (unpaired) electrons. The molecule has 0 spiro atoms. The van der Waals surface area contributed by atoms with E-state index in [9.17, 15) is 13.6 Å². The summed E-state index contributed by atoms with van der Waals surface area (Å²) in [6, 6.07) is 3.15. The van der Waals surface area contributed by atoms with Crippen LogP contribution in [-0.2, 0) is 0 Å². The summed E-state index contributed by atoms with van der Waals surface area (Å²) in [6.45, 7) is 3.54. The van der Waals surface area contributed by atoms with Gasteiger partial charge in [0.1, 0.15) is 0 Å². The van der Waals surface area contributed by atoms with Gasteiger partial charge in [-0.25, -0.2) is 8.78 Å². The Labute approximate surface area is 102 Å². The molecule has 94 valence electrons. The van der Waals surface area contributed by atoms with E-state index in [4.69, 9.17) is 0 Å². The number of aromatic amines is 1. The monoisotopic (exact) mass is 251 g/mol. The molecule has 2 N–H and O–H groups in total. The second kappa shape index (κ2) is 4.56. The molecule has 0 unspecified atom stereocenters. The molecule has 0 saturated heterocycles. The molecule has 0 aliphatic carbocycles. The summed E-state index contributed by atoms with van der Waals surface area (Å²) in [7, 11) is 0. The third-order valence-electron chi connectivity index (χ3n) is 2.65. The minimum absolute atomic E-state index is 0.180. The highest BCUT2D eigenvalue weighted by Gasteiger charge is 2.15. The van der Waals surface area contributed by atoms with Crippen LogP contribution >= 0.6 is 0 Å². The van der Waals surface area contributed by atoms with Gasteiger partial charge in [0, 0.05) is 23.0 Å². The van der Waals surface area contributed by atoms with Crippen LogP contribution in [0.5, 0.6) is 0 Å². The second-order valence-corrected chi connectivity index (χ2v) is 3.91. The van der Waals surface area contributed by atoms with E-state index in [0.717, 1.165) is 23.4 Å². The molecule has 18 heavy (non-hydrogen) atoms. The first-order chi connectivity index (χ1) is 8.49. The Bertz CT molecular complexity index is 607. The van der Waals surface area contributed by atoms with Gasteiger partial charge in [-0.15, -0.1) is 0 Å². The van der Waals surface area contributed by atoms with Gasteiger partial charge in [0.05, 0.1) is 0 Å². The summed E-state index contributed by atoms with van der Waals surface area (Å²) in [5.41, 5.74) is 1.91. The number of carbonyl (C=O) groups excluding carboxylic acids is 1. The van der Waals surface area contributed by atoms with Crippen molar-refractivity contribution in [3.05, 3.63) is 46.8 Å². The van der Waals surface area contributed by atoms with Crippen LogP contribution in [0.3, 0.4) is 0 Å². The van der Waals surface area contributed by atoms with Crippen LogP contribution in [0.2, 0.25) is 0 Å². The number of aromatic nitrogens is 2. The molecule has 2 aromatic rings. The van der Waals surface area contributed by atoms with Gasteiger partial charge in [0.15, 0.2) is 17.3 Å². The molecule has 2 rings (SSSR count). The Morgan fingerprint density at radius 1 is 1.28 bits per heavy atom. The van der Waals surface area contributed by atoms with Crippen molar-refractivity contribution in [3.63, 3.8) is 0 Å². The normalized spacial score (nSPS) is 10.4. The van der Waals surface area contributed by atoms with Gasteiger partial charge >= 0.3 is 0 Å². The molecule has 0 saturated carbocycles. The predicted molar refractivity (Wildman–Crippen MR) is 62.4 cm³/mol. The van der Waals surface area contributed by atoms with Crippen LogP contribution < -0.4 is 5.32 Å². The van der Waals surface area contributed by atoms with Crippen LogP contribution in [0, 0.1) is 25.5 Å². The number of nitrogens with zero attached hydrogens (tertiary/aromatic N) is 1. The van der Waals surface area contributed by atoms with Crippen molar-refractivity contribution in [3.8, 4) is 0 Å². The zero-order valence-electron chi connectivity index (χ0n) is 9.84. The lowest BCUT2D eigenvalue weighted by Gasteiger charge is -2.04. The minimum atomic E-state index is -1.01. The number of halogens is 2. The van der Waals surface area contributed by atoms with Crippen molar-refractivity contribution in [2.45, 2.75) is 13.8 Å². The predicted octanol–water partition coefficient (Wildman–Crippen LogP) is 2.56. The Morgan fingerprint density at radius 2 is 2.00 bits per heavy atom. The van der Waals surface area contributed by atoms with Gasteiger partial charge in [-0.3, -0.25) is 9.89 Å². The molecule has 6 heteroatoms. The molecule has 1 amide bonds. The first-order valence-electron chi connectivity index (χ1n) is 5.27. The van der Waals surface area contributed by atoms with Crippen LogP contribution in [0.25, 0.3) is 0 Å². The maximum atomic E-state index is 13.0. The number of hydrogen-bond acceptors (Lipinski definition) is 2. The van der Waals surface area contributed by atoms with Gasteiger partial charge in [0.2, 0.25) is 0 Å². The smallest absolute Gasteiger partial charge is 0.276 e. The summed E-state index contributed by atoms with van der Waals surface area (Å²) in [5.74, 6) is -2.44. The molecule has 0 bridgehead atoms. The first-order valence-corrected chi connectivity index (χ1v) is 5.27. The average Bonchev–Trinajstić information content (AvgIpc) is 2.65. The Balaban J connectivity index is 2.21. The molecular weight excluding hydrogens is 240 g/mol. The molecule has 1 aromatic heterocycles. The Hall–Kier alpha value is -2.24. The maximum absolute atomic E-state index is 13.0. The van der Waals surface area contributed by atoms with E-state index >= 15 is 0 Å². The lowest BCUT2D eigenvalue weighted by atomic mass is 10.2. The molecule has 0 atom stereocenters. The molecule has 4 nitrogen and oxygen atoms in total. The highest BCUT2D eigenvalue weighted by molar-refractivity contribution is 6.03. The van der Waals surface area contributed by atoms with Gasteiger partial charge in [-0.1, -0.05) is 0 Å². The lowest BCUT2D eigenvalue weighted by molar-refractivity contribution is 0.102. The van der Waals surface area contributed by atoms with Crippen LogP contribution in [0.15, 0.2) is 18.2 Å². The number of H-pyrrole nitrogens is 1. The van der Waals surface area contributed by atoms with Crippen molar-refractivity contribution < 1.29 is 13.6 Å². The van der Waals surface area contributed by atoms with Gasteiger partial charge in [-0.2, -0.15) is 5.10 Å². The zero-order chi connectivity index (χ0) is 13.3. The fraction of sp³-hybridized carbons (Fsp3) is 0.167. The first kappa shape index (κ1) is 12.2. The Kier molecular flexibility index (Phi) is 3.10. The number of anilines is 1. The minimum Gasteiger partial charge on any atom is -0.320 e. The highest BCUT2D eigenvalue weighted by Crippen LogP contribution is 2.15. The van der Waals surface area contributed by atoms with Crippen molar-refractivity contribution in [2.75, 3.05) is 5.32 Å². The van der Waals surface area contributed by atoms with E-state index in [2.05, 4.69) is 15.5 Å². The average molecular weight is 251 g/mol. The number of carbonyl (C=O) groups is 1.